The molecule has 0 atom stereocenters. The zero-order chi connectivity index (χ0) is 11.8. The number of thiol groups is 1. The first-order valence-corrected chi connectivity index (χ1v) is 5.76. The lowest BCUT2D eigenvalue weighted by atomic mass is 10.2. The van der Waals surface area contributed by atoms with Crippen molar-refractivity contribution >= 4 is 23.7 Å². The molecule has 4 heteroatoms. The number of imidazole rings is 1. The van der Waals surface area contributed by atoms with Crippen LogP contribution in [-0.2, 0) is 7.05 Å². The molecule has 3 rings (SSSR count). The van der Waals surface area contributed by atoms with Crippen LogP contribution in [0.3, 0.4) is 0 Å². The lowest BCUT2D eigenvalue weighted by molar-refractivity contribution is 0.958. The second kappa shape index (κ2) is 3.89. The lowest BCUT2D eigenvalue weighted by Crippen LogP contribution is -1.92. The third kappa shape index (κ3) is 1.70. The summed E-state index contributed by atoms with van der Waals surface area (Å²) in [5.41, 5.74) is 3.14. The molecule has 0 amide bonds. The Hall–Kier alpha value is -1.81. The van der Waals surface area contributed by atoms with Gasteiger partial charge in [0.05, 0.1) is 11.0 Å². The molecular weight excluding hydrogens is 230 g/mol. The van der Waals surface area contributed by atoms with E-state index in [-0.39, 0.29) is 0 Å². The van der Waals surface area contributed by atoms with Crippen LogP contribution in [-0.4, -0.2) is 14.5 Å². The smallest absolute Gasteiger partial charge is 0.140 e. The molecule has 84 valence electrons. The lowest BCUT2D eigenvalue weighted by Gasteiger charge is -2.01. The highest BCUT2D eigenvalue weighted by molar-refractivity contribution is 7.80. The zero-order valence-corrected chi connectivity index (χ0v) is 10.2. The number of benzene rings is 1. The van der Waals surface area contributed by atoms with Crippen LogP contribution >= 0.6 is 12.6 Å². The van der Waals surface area contributed by atoms with Crippen molar-refractivity contribution in [2.75, 3.05) is 0 Å². The molecule has 0 saturated carbocycles. The minimum Gasteiger partial charge on any atom is -0.327 e. The largest absolute Gasteiger partial charge is 0.327 e. The van der Waals surface area contributed by atoms with E-state index < -0.39 is 0 Å². The maximum atomic E-state index is 4.63. The summed E-state index contributed by atoms with van der Waals surface area (Å²) in [5.74, 6) is 0.946. The number of aromatic nitrogens is 3. The third-order valence-corrected chi connectivity index (χ3v) is 3.08. The summed E-state index contributed by atoms with van der Waals surface area (Å²) in [6.07, 6.45) is 3.55. The average Bonchev–Trinajstić information content (AvgIpc) is 2.67. The van der Waals surface area contributed by atoms with E-state index in [0.29, 0.717) is 0 Å². The van der Waals surface area contributed by atoms with E-state index in [0.717, 1.165) is 27.3 Å². The molecule has 0 bridgehead atoms. The predicted molar refractivity (Wildman–Crippen MR) is 71.2 cm³/mol. The molecule has 0 saturated heterocycles. The topological polar surface area (TPSA) is 30.7 Å². The summed E-state index contributed by atoms with van der Waals surface area (Å²) in [6, 6.07) is 9.91. The van der Waals surface area contributed by atoms with Crippen LogP contribution in [0, 0.1) is 0 Å². The second-order valence-corrected chi connectivity index (χ2v) is 4.42. The Balaban J connectivity index is 2.28. The molecule has 17 heavy (non-hydrogen) atoms. The van der Waals surface area contributed by atoms with Gasteiger partial charge in [-0.25, -0.2) is 4.98 Å². The monoisotopic (exact) mass is 241 g/mol. The Kier molecular flexibility index (Phi) is 2.37. The number of hydrogen-bond donors (Lipinski definition) is 1. The maximum Gasteiger partial charge on any atom is 0.140 e. The number of pyridine rings is 1. The van der Waals surface area contributed by atoms with Crippen LogP contribution < -0.4 is 0 Å². The van der Waals surface area contributed by atoms with Crippen molar-refractivity contribution in [2.24, 2.45) is 7.05 Å². The van der Waals surface area contributed by atoms with Crippen LogP contribution in [0.1, 0.15) is 0 Å². The Bertz CT molecular complexity index is 674. The van der Waals surface area contributed by atoms with E-state index in [2.05, 4.69) is 27.2 Å². The third-order valence-electron chi connectivity index (χ3n) is 2.80. The van der Waals surface area contributed by atoms with Crippen LogP contribution in [0.5, 0.6) is 0 Å². The van der Waals surface area contributed by atoms with Crippen molar-refractivity contribution in [3.8, 4) is 11.4 Å². The van der Waals surface area contributed by atoms with Crippen LogP contribution in [0.15, 0.2) is 47.6 Å². The van der Waals surface area contributed by atoms with Gasteiger partial charge in [-0.15, -0.1) is 12.6 Å². The van der Waals surface area contributed by atoms with Gasteiger partial charge in [-0.05, 0) is 30.3 Å². The molecule has 0 fully saturated rings. The van der Waals surface area contributed by atoms with Crippen molar-refractivity contribution in [2.45, 2.75) is 4.90 Å². The fraction of sp³-hybridized carbons (Fsp3) is 0.0769. The first kappa shape index (κ1) is 10.4. The summed E-state index contributed by atoms with van der Waals surface area (Å²) >= 11 is 4.33. The van der Waals surface area contributed by atoms with E-state index in [1.165, 1.54) is 0 Å². The molecule has 0 aliphatic rings. The van der Waals surface area contributed by atoms with Gasteiger partial charge in [-0.1, -0.05) is 0 Å². The molecule has 0 aliphatic carbocycles. The molecule has 0 aliphatic heterocycles. The van der Waals surface area contributed by atoms with Gasteiger partial charge in [0, 0.05) is 29.9 Å². The quantitative estimate of drug-likeness (QED) is 0.664. The molecule has 0 radical (unpaired) electrons. The highest BCUT2D eigenvalue weighted by atomic mass is 32.1. The van der Waals surface area contributed by atoms with Crippen molar-refractivity contribution in [1.29, 1.82) is 0 Å². The second-order valence-electron chi connectivity index (χ2n) is 3.90. The van der Waals surface area contributed by atoms with Gasteiger partial charge in [0.15, 0.2) is 0 Å². The van der Waals surface area contributed by atoms with E-state index in [9.17, 15) is 0 Å². The first-order chi connectivity index (χ1) is 8.25. The van der Waals surface area contributed by atoms with E-state index in [1.807, 2.05) is 37.4 Å². The molecule has 2 aromatic heterocycles. The fourth-order valence-electron chi connectivity index (χ4n) is 1.95. The minimum atomic E-state index is 0.928. The molecule has 0 N–H and O–H groups in total. The standard InChI is InChI=1S/C13H11N3S/c1-16-12-3-2-10(17)8-11(12)15-13(16)9-4-6-14-7-5-9/h2-8,17H,1H3. The molecule has 3 aromatic rings. The molecule has 2 heterocycles. The van der Waals surface area contributed by atoms with Gasteiger partial charge >= 0.3 is 0 Å². The number of aryl methyl sites for hydroxylation is 1. The van der Waals surface area contributed by atoms with Gasteiger partial charge in [0.1, 0.15) is 5.82 Å². The first-order valence-electron chi connectivity index (χ1n) is 5.31. The summed E-state index contributed by atoms with van der Waals surface area (Å²) < 4.78 is 2.08. The predicted octanol–water partition coefficient (Wildman–Crippen LogP) is 2.92. The highest BCUT2D eigenvalue weighted by Crippen LogP contribution is 2.24. The number of nitrogens with zero attached hydrogens (tertiary/aromatic N) is 3. The summed E-state index contributed by atoms with van der Waals surface area (Å²) in [6.45, 7) is 0. The van der Waals surface area contributed by atoms with E-state index >= 15 is 0 Å². The van der Waals surface area contributed by atoms with Gasteiger partial charge in [-0.3, -0.25) is 4.98 Å². The Morgan fingerprint density at radius 2 is 1.88 bits per heavy atom. The minimum absolute atomic E-state index is 0.928. The van der Waals surface area contributed by atoms with Crippen molar-refractivity contribution in [3.05, 3.63) is 42.7 Å². The maximum absolute atomic E-state index is 4.63. The zero-order valence-electron chi connectivity index (χ0n) is 9.33. The van der Waals surface area contributed by atoms with E-state index in [4.69, 9.17) is 0 Å². The fourth-order valence-corrected chi connectivity index (χ4v) is 2.14. The van der Waals surface area contributed by atoms with Gasteiger partial charge in [0.2, 0.25) is 0 Å². The number of hydrogen-bond acceptors (Lipinski definition) is 3. The normalized spacial score (nSPS) is 10.9. The van der Waals surface area contributed by atoms with Crippen molar-refractivity contribution < 1.29 is 0 Å². The number of rotatable bonds is 1. The molecule has 3 nitrogen and oxygen atoms in total. The molecular formula is C13H11N3S. The van der Waals surface area contributed by atoms with Crippen LogP contribution in [0.2, 0.25) is 0 Å². The Labute approximate surface area is 105 Å². The Morgan fingerprint density at radius 1 is 1.12 bits per heavy atom. The highest BCUT2D eigenvalue weighted by Gasteiger charge is 2.09. The van der Waals surface area contributed by atoms with Gasteiger partial charge in [-0.2, -0.15) is 0 Å². The van der Waals surface area contributed by atoms with Crippen molar-refractivity contribution in [1.82, 2.24) is 14.5 Å². The number of fused-ring (bicyclic) bond motifs is 1. The summed E-state index contributed by atoms with van der Waals surface area (Å²) in [4.78, 5) is 9.58. The van der Waals surface area contributed by atoms with Crippen LogP contribution in [0.4, 0.5) is 0 Å². The van der Waals surface area contributed by atoms with Gasteiger partial charge in [0.25, 0.3) is 0 Å². The average molecular weight is 241 g/mol. The molecule has 0 unspecified atom stereocenters. The summed E-state index contributed by atoms with van der Waals surface area (Å²) in [7, 11) is 2.02. The summed E-state index contributed by atoms with van der Waals surface area (Å²) in [5, 5.41) is 0. The Morgan fingerprint density at radius 3 is 2.65 bits per heavy atom. The van der Waals surface area contributed by atoms with Gasteiger partial charge < -0.3 is 4.57 Å². The molecule has 0 spiro atoms. The van der Waals surface area contributed by atoms with Crippen LogP contribution in [0.25, 0.3) is 22.4 Å². The molecule has 1 aromatic carbocycles. The van der Waals surface area contributed by atoms with E-state index in [1.54, 1.807) is 12.4 Å². The van der Waals surface area contributed by atoms with Crippen molar-refractivity contribution in [3.63, 3.8) is 0 Å². The SMILES string of the molecule is Cn1c(-c2ccncc2)nc2cc(S)ccc21.